The first-order chi connectivity index (χ1) is 17.2. The Morgan fingerprint density at radius 1 is 1.00 bits per heavy atom. The normalized spacial score (nSPS) is 11.9. The molecule has 2 aromatic carbocycles. The van der Waals surface area contributed by atoms with Gasteiger partial charge in [-0.15, -0.1) is 0 Å². The quantitative estimate of drug-likeness (QED) is 0.250. The molecular weight excluding hydrogens is 501 g/mol. The van der Waals surface area contributed by atoms with Gasteiger partial charge in [0.05, 0.1) is 27.5 Å². The molecule has 1 N–H and O–H groups in total. The van der Waals surface area contributed by atoms with Gasteiger partial charge in [0.2, 0.25) is 5.88 Å². The van der Waals surface area contributed by atoms with Gasteiger partial charge in [-0.25, -0.2) is 14.5 Å². The minimum absolute atomic E-state index is 0.206. The number of ether oxygens (including phenoxy) is 2. The number of carboxylic acid groups (broad SMARTS) is 1. The molecular formula is C27H25Cl2N3O4. The Balaban J connectivity index is 1.48. The third-order valence-corrected chi connectivity index (χ3v) is 6.28. The van der Waals surface area contributed by atoms with Crippen molar-refractivity contribution in [2.45, 2.75) is 39.4 Å². The highest BCUT2D eigenvalue weighted by Gasteiger charge is 2.19. The van der Waals surface area contributed by atoms with E-state index in [4.69, 9.17) is 37.8 Å². The number of para-hydroxylation sites is 1. The number of halogens is 2. The average Bonchev–Trinajstić information content (AvgIpc) is 3.27. The maximum atomic E-state index is 11.0. The van der Waals surface area contributed by atoms with Crippen LogP contribution in [0.2, 0.25) is 10.0 Å². The molecule has 0 aliphatic rings. The van der Waals surface area contributed by atoms with E-state index in [1.165, 1.54) is 12.1 Å². The molecule has 0 bridgehead atoms. The van der Waals surface area contributed by atoms with E-state index in [0.29, 0.717) is 27.4 Å². The molecule has 4 aromatic rings. The molecule has 1 unspecified atom stereocenters. The lowest BCUT2D eigenvalue weighted by Crippen LogP contribution is -2.10. The van der Waals surface area contributed by atoms with Gasteiger partial charge in [-0.05, 0) is 60.9 Å². The minimum Gasteiger partial charge on any atom is -0.486 e. The molecule has 9 heteroatoms. The summed E-state index contributed by atoms with van der Waals surface area (Å²) in [7, 11) is 0. The van der Waals surface area contributed by atoms with Crippen LogP contribution in [0.5, 0.6) is 11.6 Å². The third-order valence-electron chi connectivity index (χ3n) is 5.67. The summed E-state index contributed by atoms with van der Waals surface area (Å²) in [5.41, 5.74) is 3.53. The van der Waals surface area contributed by atoms with Crippen LogP contribution < -0.4 is 9.47 Å². The first kappa shape index (κ1) is 25.5. The maximum Gasteiger partial charge on any atom is 0.335 e. The van der Waals surface area contributed by atoms with E-state index in [2.05, 4.69) is 23.9 Å². The van der Waals surface area contributed by atoms with Gasteiger partial charge < -0.3 is 14.6 Å². The maximum absolute atomic E-state index is 11.0. The van der Waals surface area contributed by atoms with Crippen LogP contribution in [0.3, 0.4) is 0 Å². The zero-order valence-corrected chi connectivity index (χ0v) is 21.5. The van der Waals surface area contributed by atoms with Crippen molar-refractivity contribution in [1.29, 1.82) is 0 Å². The van der Waals surface area contributed by atoms with Crippen LogP contribution in [-0.4, -0.2) is 25.8 Å². The van der Waals surface area contributed by atoms with Crippen LogP contribution in [-0.2, 0) is 6.61 Å². The molecule has 0 amide bonds. The number of carbonyl (C=O) groups is 1. The van der Waals surface area contributed by atoms with Gasteiger partial charge in [-0.2, -0.15) is 5.10 Å². The molecule has 2 heterocycles. The first-order valence-electron chi connectivity index (χ1n) is 11.3. The van der Waals surface area contributed by atoms with E-state index in [9.17, 15) is 4.79 Å². The summed E-state index contributed by atoms with van der Waals surface area (Å²) in [5, 5.41) is 14.6. The zero-order chi connectivity index (χ0) is 25.8. The van der Waals surface area contributed by atoms with Gasteiger partial charge in [-0.1, -0.05) is 43.1 Å². The van der Waals surface area contributed by atoms with Gasteiger partial charge in [0.1, 0.15) is 24.1 Å². The molecule has 0 aliphatic carbocycles. The van der Waals surface area contributed by atoms with Gasteiger partial charge in [-0.3, -0.25) is 0 Å². The lowest BCUT2D eigenvalue weighted by Gasteiger charge is -2.16. The van der Waals surface area contributed by atoms with Crippen LogP contribution in [0.25, 0.3) is 5.69 Å². The van der Waals surface area contributed by atoms with Gasteiger partial charge in [0.25, 0.3) is 0 Å². The second-order valence-electron chi connectivity index (χ2n) is 8.49. The number of nitrogens with zero attached hydrogens (tertiary/aromatic N) is 3. The molecule has 2 aromatic heterocycles. The van der Waals surface area contributed by atoms with Crippen LogP contribution in [0, 0.1) is 0 Å². The first-order valence-corrected chi connectivity index (χ1v) is 12.1. The van der Waals surface area contributed by atoms with Crippen molar-refractivity contribution >= 4 is 29.2 Å². The predicted octanol–water partition coefficient (Wildman–Crippen LogP) is 7.11. The Labute approximate surface area is 219 Å². The summed E-state index contributed by atoms with van der Waals surface area (Å²) in [6, 6.07) is 15.3. The van der Waals surface area contributed by atoms with Crippen molar-refractivity contribution in [3.05, 3.63) is 99.4 Å². The molecule has 4 rings (SSSR count). The highest BCUT2D eigenvalue weighted by molar-refractivity contribution is 6.37. The number of pyridine rings is 1. The lowest BCUT2D eigenvalue weighted by atomic mass is 10.0. The van der Waals surface area contributed by atoms with Crippen molar-refractivity contribution in [2.75, 3.05) is 0 Å². The van der Waals surface area contributed by atoms with Crippen molar-refractivity contribution in [3.8, 4) is 17.3 Å². The molecule has 0 radical (unpaired) electrons. The fraction of sp³-hybridized carbons (Fsp3) is 0.222. The Morgan fingerprint density at radius 3 is 2.28 bits per heavy atom. The number of carboxylic acids is 1. The molecule has 0 saturated heterocycles. The predicted molar refractivity (Wildman–Crippen MR) is 139 cm³/mol. The van der Waals surface area contributed by atoms with E-state index in [-0.39, 0.29) is 24.2 Å². The lowest BCUT2D eigenvalue weighted by molar-refractivity contribution is 0.0697. The van der Waals surface area contributed by atoms with Gasteiger partial charge in [0, 0.05) is 17.8 Å². The summed E-state index contributed by atoms with van der Waals surface area (Å²) >= 11 is 12.9. The SMILES string of the molecule is CC(C)c1cnn(-c2c(Cl)cccc2Cl)c1COc1ccc(C(C)Oc2ccc(C(=O)O)cc2)cn1. The number of aromatic carboxylic acids is 1. The van der Waals surface area contributed by atoms with Crippen LogP contribution in [0.1, 0.15) is 60.0 Å². The number of hydrogen-bond donors (Lipinski definition) is 1. The molecule has 0 fully saturated rings. The van der Waals surface area contributed by atoms with Crippen molar-refractivity contribution in [3.63, 3.8) is 0 Å². The third kappa shape index (κ3) is 5.64. The molecule has 186 valence electrons. The largest absolute Gasteiger partial charge is 0.486 e. The smallest absolute Gasteiger partial charge is 0.335 e. The summed E-state index contributed by atoms with van der Waals surface area (Å²) < 4.78 is 13.7. The Kier molecular flexibility index (Phi) is 7.82. The second-order valence-corrected chi connectivity index (χ2v) is 9.31. The van der Waals surface area contributed by atoms with Gasteiger partial charge >= 0.3 is 5.97 Å². The van der Waals surface area contributed by atoms with Crippen molar-refractivity contribution in [2.24, 2.45) is 0 Å². The zero-order valence-electron chi connectivity index (χ0n) is 20.0. The minimum atomic E-state index is -0.979. The standard InChI is InChI=1S/C27H25Cl2N3O4/c1-16(2)21-14-31-32(26-22(28)5-4-6-23(26)29)24(21)15-35-25-12-9-19(13-30-25)17(3)36-20-10-7-18(8-11-20)27(33)34/h4-14,16-17H,15H2,1-3H3,(H,33,34). The second kappa shape index (κ2) is 11.0. The molecule has 0 aliphatic heterocycles. The van der Waals surface area contributed by atoms with Crippen LogP contribution >= 0.6 is 23.2 Å². The number of rotatable bonds is 9. The Hall–Kier alpha value is -3.55. The number of hydrogen-bond acceptors (Lipinski definition) is 5. The molecule has 1 atom stereocenters. The highest BCUT2D eigenvalue weighted by atomic mass is 35.5. The van der Waals surface area contributed by atoms with E-state index in [1.54, 1.807) is 47.3 Å². The van der Waals surface area contributed by atoms with Gasteiger partial charge in [0.15, 0.2) is 0 Å². The monoisotopic (exact) mass is 525 g/mol. The molecule has 0 saturated carbocycles. The molecule has 0 spiro atoms. The van der Waals surface area contributed by atoms with Crippen LogP contribution in [0.4, 0.5) is 0 Å². The number of benzene rings is 2. The van der Waals surface area contributed by atoms with E-state index < -0.39 is 5.97 Å². The van der Waals surface area contributed by atoms with Crippen molar-refractivity contribution < 1.29 is 19.4 Å². The highest BCUT2D eigenvalue weighted by Crippen LogP contribution is 2.32. The number of aromatic nitrogens is 3. The molecule has 7 nitrogen and oxygen atoms in total. The van der Waals surface area contributed by atoms with E-state index >= 15 is 0 Å². The average molecular weight is 526 g/mol. The Morgan fingerprint density at radius 2 is 1.69 bits per heavy atom. The van der Waals surface area contributed by atoms with E-state index in [0.717, 1.165) is 16.8 Å². The summed E-state index contributed by atoms with van der Waals surface area (Å²) in [6.07, 6.45) is 3.21. The summed E-state index contributed by atoms with van der Waals surface area (Å²) in [5.74, 6) is 0.259. The van der Waals surface area contributed by atoms with E-state index in [1.807, 2.05) is 19.2 Å². The molecule has 36 heavy (non-hydrogen) atoms. The fourth-order valence-electron chi connectivity index (χ4n) is 3.71. The van der Waals surface area contributed by atoms with Crippen LogP contribution in [0.15, 0.2) is 67.0 Å². The summed E-state index contributed by atoms with van der Waals surface area (Å²) in [4.78, 5) is 15.4. The Bertz CT molecular complexity index is 1330. The van der Waals surface area contributed by atoms with Crippen molar-refractivity contribution in [1.82, 2.24) is 14.8 Å². The summed E-state index contributed by atoms with van der Waals surface area (Å²) in [6.45, 7) is 6.29. The fourth-order valence-corrected chi connectivity index (χ4v) is 4.26. The topological polar surface area (TPSA) is 86.5 Å².